The van der Waals surface area contributed by atoms with Crippen molar-refractivity contribution in [1.82, 2.24) is 4.90 Å². The monoisotopic (exact) mass is 354 g/mol. The van der Waals surface area contributed by atoms with Crippen molar-refractivity contribution in [3.05, 3.63) is 71.0 Å². The Bertz CT molecular complexity index is 802. The zero-order valence-corrected chi connectivity index (χ0v) is 14.8. The Kier molecular flexibility index (Phi) is 5.47. The van der Waals surface area contributed by atoms with Gasteiger partial charge in [-0.3, -0.25) is 9.59 Å². The van der Waals surface area contributed by atoms with E-state index < -0.39 is 5.82 Å². The summed E-state index contributed by atoms with van der Waals surface area (Å²) in [6.45, 7) is 3.24. The van der Waals surface area contributed by atoms with Crippen molar-refractivity contribution in [1.29, 1.82) is 0 Å². The second-order valence-corrected chi connectivity index (χ2v) is 6.89. The van der Waals surface area contributed by atoms with E-state index in [2.05, 4.69) is 0 Å². The van der Waals surface area contributed by atoms with E-state index in [1.54, 1.807) is 29.2 Å². The third kappa shape index (κ3) is 3.83. The molecule has 0 bridgehead atoms. The molecule has 1 amide bonds. The minimum atomic E-state index is -0.402. The maximum Gasteiger partial charge on any atom is 0.254 e. The first-order valence-electron chi connectivity index (χ1n) is 8.91. The van der Waals surface area contributed by atoms with Gasteiger partial charge in [0, 0.05) is 30.3 Å². The zero-order valence-electron chi connectivity index (χ0n) is 14.8. The Morgan fingerprint density at radius 1 is 1.12 bits per heavy atom. The van der Waals surface area contributed by atoms with Crippen molar-refractivity contribution < 1.29 is 14.0 Å². The van der Waals surface area contributed by atoms with E-state index >= 15 is 0 Å². The van der Waals surface area contributed by atoms with Crippen LogP contribution in [0.3, 0.4) is 0 Å². The SMILES string of the molecule is C[C@@H](N)[C@@H]1CCCN(C(=O)c2ccccc2C(=O)c2ccc(F)cc2)C1. The standard InChI is InChI=1S/C21H23FN2O2/c1-14(23)16-5-4-12-24(13-16)21(26)19-7-3-2-6-18(19)20(25)15-8-10-17(22)11-9-15/h2-3,6-11,14,16H,4-5,12-13,23H2,1H3/t14-,16-/m1/s1. The van der Waals surface area contributed by atoms with Gasteiger partial charge in [0.2, 0.25) is 0 Å². The van der Waals surface area contributed by atoms with Crippen molar-refractivity contribution in [3.63, 3.8) is 0 Å². The van der Waals surface area contributed by atoms with E-state index in [1.807, 2.05) is 6.92 Å². The van der Waals surface area contributed by atoms with Crippen LogP contribution in [0.1, 0.15) is 46.0 Å². The first-order valence-corrected chi connectivity index (χ1v) is 8.91. The van der Waals surface area contributed by atoms with Gasteiger partial charge in [0.1, 0.15) is 5.82 Å². The molecule has 1 heterocycles. The lowest BCUT2D eigenvalue weighted by atomic mass is 9.91. The molecule has 1 aliphatic heterocycles. The number of ketones is 1. The minimum absolute atomic E-state index is 0.0293. The van der Waals surface area contributed by atoms with Gasteiger partial charge in [0.05, 0.1) is 5.56 Å². The van der Waals surface area contributed by atoms with Crippen molar-refractivity contribution in [2.75, 3.05) is 13.1 Å². The van der Waals surface area contributed by atoms with E-state index in [0.717, 1.165) is 12.8 Å². The molecule has 0 aliphatic carbocycles. The van der Waals surface area contributed by atoms with Crippen LogP contribution in [0.5, 0.6) is 0 Å². The summed E-state index contributed by atoms with van der Waals surface area (Å²) in [5, 5.41) is 0. The van der Waals surface area contributed by atoms with Gasteiger partial charge in [0.15, 0.2) is 5.78 Å². The van der Waals surface area contributed by atoms with E-state index in [1.165, 1.54) is 24.3 Å². The summed E-state index contributed by atoms with van der Waals surface area (Å²) in [4.78, 5) is 27.7. The third-order valence-electron chi connectivity index (χ3n) is 5.00. The fourth-order valence-electron chi connectivity index (χ4n) is 3.42. The summed E-state index contributed by atoms with van der Waals surface area (Å²) in [5.41, 5.74) is 7.09. The number of hydrogen-bond acceptors (Lipinski definition) is 3. The average molecular weight is 354 g/mol. The van der Waals surface area contributed by atoms with Crippen LogP contribution >= 0.6 is 0 Å². The van der Waals surface area contributed by atoms with Gasteiger partial charge >= 0.3 is 0 Å². The Hall–Kier alpha value is -2.53. The number of halogens is 1. The lowest BCUT2D eigenvalue weighted by molar-refractivity contribution is 0.0657. The van der Waals surface area contributed by atoms with Crippen LogP contribution in [0.25, 0.3) is 0 Å². The van der Waals surface area contributed by atoms with Crippen LogP contribution in [0, 0.1) is 11.7 Å². The molecule has 2 aromatic rings. The zero-order chi connectivity index (χ0) is 18.7. The molecule has 0 spiro atoms. The molecule has 26 heavy (non-hydrogen) atoms. The van der Waals surface area contributed by atoms with Crippen LogP contribution in [0.4, 0.5) is 4.39 Å². The molecule has 2 atom stereocenters. The van der Waals surface area contributed by atoms with Crippen LogP contribution in [-0.4, -0.2) is 35.7 Å². The summed E-state index contributed by atoms with van der Waals surface area (Å²) < 4.78 is 13.1. The summed E-state index contributed by atoms with van der Waals surface area (Å²) in [7, 11) is 0. The lowest BCUT2D eigenvalue weighted by Gasteiger charge is -2.35. The molecule has 0 saturated carbocycles. The second kappa shape index (κ2) is 7.79. The number of likely N-dealkylation sites (tertiary alicyclic amines) is 1. The third-order valence-corrected chi connectivity index (χ3v) is 5.00. The molecule has 3 rings (SSSR count). The van der Waals surface area contributed by atoms with Gasteiger partial charge in [0.25, 0.3) is 5.91 Å². The lowest BCUT2D eigenvalue weighted by Crippen LogP contribution is -2.45. The smallest absolute Gasteiger partial charge is 0.254 e. The van der Waals surface area contributed by atoms with Crippen LogP contribution in [0.2, 0.25) is 0 Å². The fourth-order valence-corrected chi connectivity index (χ4v) is 3.42. The molecular formula is C21H23FN2O2. The van der Waals surface area contributed by atoms with E-state index in [0.29, 0.717) is 29.8 Å². The predicted octanol–water partition coefficient (Wildman–Crippen LogP) is 3.26. The molecule has 1 fully saturated rings. The maximum atomic E-state index is 13.1. The molecule has 0 aromatic heterocycles. The average Bonchev–Trinajstić information content (AvgIpc) is 2.67. The summed E-state index contributed by atoms with van der Waals surface area (Å²) in [5.74, 6) is -0.565. The fraction of sp³-hybridized carbons (Fsp3) is 0.333. The number of benzene rings is 2. The molecule has 4 nitrogen and oxygen atoms in total. The maximum absolute atomic E-state index is 13.1. The van der Waals surface area contributed by atoms with Gasteiger partial charge in [-0.1, -0.05) is 18.2 Å². The van der Waals surface area contributed by atoms with Crippen LogP contribution in [0.15, 0.2) is 48.5 Å². The van der Waals surface area contributed by atoms with Gasteiger partial charge in [-0.05, 0) is 56.0 Å². The minimum Gasteiger partial charge on any atom is -0.338 e. The highest BCUT2D eigenvalue weighted by atomic mass is 19.1. The summed E-state index contributed by atoms with van der Waals surface area (Å²) in [6, 6.07) is 12.2. The molecule has 1 saturated heterocycles. The highest BCUT2D eigenvalue weighted by Crippen LogP contribution is 2.23. The summed E-state index contributed by atoms with van der Waals surface area (Å²) >= 11 is 0. The van der Waals surface area contributed by atoms with Crippen LogP contribution < -0.4 is 5.73 Å². The quantitative estimate of drug-likeness (QED) is 0.857. The molecule has 2 N–H and O–H groups in total. The number of carbonyl (C=O) groups is 2. The highest BCUT2D eigenvalue weighted by Gasteiger charge is 2.28. The molecule has 5 heteroatoms. The van der Waals surface area contributed by atoms with Gasteiger partial charge in [-0.15, -0.1) is 0 Å². The van der Waals surface area contributed by atoms with Crippen molar-refractivity contribution >= 4 is 11.7 Å². The molecule has 1 aliphatic rings. The van der Waals surface area contributed by atoms with E-state index in [9.17, 15) is 14.0 Å². The number of nitrogens with two attached hydrogens (primary N) is 1. The number of nitrogens with zero attached hydrogens (tertiary/aromatic N) is 1. The number of piperidine rings is 1. The number of carbonyl (C=O) groups excluding carboxylic acids is 2. The predicted molar refractivity (Wildman–Crippen MR) is 98.6 cm³/mol. The normalized spacial score (nSPS) is 18.4. The molecule has 2 aromatic carbocycles. The van der Waals surface area contributed by atoms with Crippen molar-refractivity contribution in [3.8, 4) is 0 Å². The number of hydrogen-bond donors (Lipinski definition) is 1. The largest absolute Gasteiger partial charge is 0.338 e. The van der Waals surface area contributed by atoms with E-state index in [-0.39, 0.29) is 23.7 Å². The van der Waals surface area contributed by atoms with E-state index in [4.69, 9.17) is 5.73 Å². The second-order valence-electron chi connectivity index (χ2n) is 6.89. The topological polar surface area (TPSA) is 63.4 Å². The van der Waals surface area contributed by atoms with Gasteiger partial charge in [-0.2, -0.15) is 0 Å². The van der Waals surface area contributed by atoms with Crippen molar-refractivity contribution in [2.45, 2.75) is 25.8 Å². The Balaban J connectivity index is 1.88. The number of amides is 1. The van der Waals surface area contributed by atoms with Gasteiger partial charge < -0.3 is 10.6 Å². The van der Waals surface area contributed by atoms with Gasteiger partial charge in [-0.25, -0.2) is 4.39 Å². The first kappa shape index (κ1) is 18.3. The highest BCUT2D eigenvalue weighted by molar-refractivity contribution is 6.15. The first-order chi connectivity index (χ1) is 12.5. The van der Waals surface area contributed by atoms with Crippen LogP contribution in [-0.2, 0) is 0 Å². The Morgan fingerprint density at radius 3 is 2.42 bits per heavy atom. The number of rotatable bonds is 4. The molecule has 0 unspecified atom stereocenters. The Labute approximate surface area is 152 Å². The Morgan fingerprint density at radius 2 is 1.77 bits per heavy atom. The molecule has 136 valence electrons. The molecular weight excluding hydrogens is 331 g/mol. The summed E-state index contributed by atoms with van der Waals surface area (Å²) in [6.07, 6.45) is 1.92. The van der Waals surface area contributed by atoms with Crippen molar-refractivity contribution in [2.24, 2.45) is 11.7 Å². The molecule has 0 radical (unpaired) electrons.